The van der Waals surface area contributed by atoms with Crippen LogP contribution in [0.3, 0.4) is 0 Å². The van der Waals surface area contributed by atoms with E-state index in [0.717, 1.165) is 63.5 Å². The number of carbonyl (C=O) groups is 1. The van der Waals surface area contributed by atoms with Gasteiger partial charge >= 0.3 is 0 Å². The molecular weight excluding hydrogens is 376 g/mol. The van der Waals surface area contributed by atoms with Crippen molar-refractivity contribution in [2.24, 2.45) is 0 Å². The molecule has 2 saturated heterocycles. The molecule has 0 aromatic heterocycles. The van der Waals surface area contributed by atoms with Gasteiger partial charge < -0.3 is 9.80 Å². The van der Waals surface area contributed by atoms with E-state index in [1.54, 1.807) is 11.2 Å². The van der Waals surface area contributed by atoms with Crippen molar-refractivity contribution in [1.82, 2.24) is 19.0 Å². The Morgan fingerprint density at radius 3 is 2.18 bits per heavy atom. The summed E-state index contributed by atoms with van der Waals surface area (Å²) >= 11 is 0. The number of nitrogens with zero attached hydrogens (tertiary/aromatic N) is 4. The van der Waals surface area contributed by atoms with Gasteiger partial charge in [0.15, 0.2) is 0 Å². The lowest BCUT2D eigenvalue weighted by Gasteiger charge is -2.34. The first kappa shape index (κ1) is 21.2. The maximum absolute atomic E-state index is 12.8. The molecule has 1 amide bonds. The summed E-state index contributed by atoms with van der Waals surface area (Å²) in [6, 6.07) is 7.87. The highest BCUT2D eigenvalue weighted by Crippen LogP contribution is 2.15. The number of amides is 1. The van der Waals surface area contributed by atoms with Crippen LogP contribution in [-0.4, -0.2) is 98.0 Å². The quantitative estimate of drug-likeness (QED) is 0.701. The third-order valence-electron chi connectivity index (χ3n) is 5.78. The Morgan fingerprint density at radius 2 is 1.57 bits per heavy atom. The van der Waals surface area contributed by atoms with Crippen LogP contribution in [0.2, 0.25) is 0 Å². The highest BCUT2D eigenvalue weighted by molar-refractivity contribution is 7.89. The molecular formula is C20H32N4O3S. The van der Waals surface area contributed by atoms with Crippen LogP contribution < -0.4 is 0 Å². The van der Waals surface area contributed by atoms with Gasteiger partial charge in [-0.3, -0.25) is 9.69 Å². The standard InChI is InChI=1S/C20H32N4O3S/c1-3-21-8-12-23(13-9-21)20(25)19-7-5-6-18(16-19)17-22-10-14-24(15-11-22)28(26,27)4-2/h5-7,16H,3-4,8-15,17H2,1-2H3. The van der Waals surface area contributed by atoms with Gasteiger partial charge in [0, 0.05) is 64.5 Å². The lowest BCUT2D eigenvalue weighted by Crippen LogP contribution is -2.48. The van der Waals surface area contributed by atoms with Crippen molar-refractivity contribution in [2.75, 3.05) is 64.7 Å². The summed E-state index contributed by atoms with van der Waals surface area (Å²) in [7, 11) is -3.10. The summed E-state index contributed by atoms with van der Waals surface area (Å²) in [5.74, 6) is 0.264. The van der Waals surface area contributed by atoms with Crippen LogP contribution in [0.1, 0.15) is 29.8 Å². The molecule has 1 aromatic carbocycles. The van der Waals surface area contributed by atoms with E-state index in [1.807, 2.05) is 29.2 Å². The van der Waals surface area contributed by atoms with Crippen molar-refractivity contribution in [2.45, 2.75) is 20.4 Å². The van der Waals surface area contributed by atoms with E-state index in [2.05, 4.69) is 16.7 Å². The zero-order valence-electron chi connectivity index (χ0n) is 17.0. The summed E-state index contributed by atoms with van der Waals surface area (Å²) in [6.45, 7) is 11.6. The molecule has 0 N–H and O–H groups in total. The fourth-order valence-electron chi connectivity index (χ4n) is 3.86. The maximum atomic E-state index is 12.8. The van der Waals surface area contributed by atoms with E-state index >= 15 is 0 Å². The predicted octanol–water partition coefficient (Wildman–Crippen LogP) is 0.932. The molecule has 0 unspecified atom stereocenters. The first-order valence-electron chi connectivity index (χ1n) is 10.2. The third-order valence-corrected chi connectivity index (χ3v) is 7.66. The zero-order chi connectivity index (χ0) is 20.1. The minimum absolute atomic E-state index is 0.108. The van der Waals surface area contributed by atoms with Crippen molar-refractivity contribution in [3.63, 3.8) is 0 Å². The van der Waals surface area contributed by atoms with Gasteiger partial charge in [-0.25, -0.2) is 8.42 Å². The summed E-state index contributed by atoms with van der Waals surface area (Å²) in [5.41, 5.74) is 1.85. The SMILES string of the molecule is CCN1CCN(C(=O)c2cccc(CN3CCN(S(=O)(=O)CC)CC3)c2)CC1. The average Bonchev–Trinajstić information content (AvgIpc) is 2.74. The van der Waals surface area contributed by atoms with Crippen LogP contribution >= 0.6 is 0 Å². The highest BCUT2D eigenvalue weighted by atomic mass is 32.2. The van der Waals surface area contributed by atoms with E-state index in [1.165, 1.54) is 0 Å². The number of benzene rings is 1. The van der Waals surface area contributed by atoms with Crippen LogP contribution in [0.5, 0.6) is 0 Å². The summed E-state index contributed by atoms with van der Waals surface area (Å²) in [4.78, 5) is 19.4. The van der Waals surface area contributed by atoms with E-state index in [4.69, 9.17) is 0 Å². The molecule has 0 spiro atoms. The van der Waals surface area contributed by atoms with Crippen molar-refractivity contribution in [1.29, 1.82) is 0 Å². The smallest absolute Gasteiger partial charge is 0.253 e. The molecule has 7 nitrogen and oxygen atoms in total. The van der Waals surface area contributed by atoms with Crippen LogP contribution in [0.15, 0.2) is 24.3 Å². The van der Waals surface area contributed by atoms with E-state index < -0.39 is 10.0 Å². The molecule has 2 heterocycles. The Hall–Kier alpha value is -1.48. The largest absolute Gasteiger partial charge is 0.336 e. The minimum Gasteiger partial charge on any atom is -0.336 e. The van der Waals surface area contributed by atoms with E-state index in [-0.39, 0.29) is 11.7 Å². The van der Waals surface area contributed by atoms with Crippen molar-refractivity contribution in [3.8, 4) is 0 Å². The van der Waals surface area contributed by atoms with E-state index in [0.29, 0.717) is 13.1 Å². The molecule has 2 fully saturated rings. The average molecular weight is 409 g/mol. The van der Waals surface area contributed by atoms with Gasteiger partial charge in [-0.15, -0.1) is 0 Å². The van der Waals surface area contributed by atoms with Crippen molar-refractivity contribution < 1.29 is 13.2 Å². The molecule has 0 radical (unpaired) electrons. The second-order valence-electron chi connectivity index (χ2n) is 7.50. The van der Waals surface area contributed by atoms with Crippen LogP contribution in [-0.2, 0) is 16.6 Å². The topological polar surface area (TPSA) is 64.2 Å². The fraction of sp³-hybridized carbons (Fsp3) is 0.650. The lowest BCUT2D eigenvalue weighted by atomic mass is 10.1. The van der Waals surface area contributed by atoms with Gasteiger partial charge in [0.25, 0.3) is 5.91 Å². The molecule has 1 aromatic rings. The molecule has 3 rings (SSSR count). The Morgan fingerprint density at radius 1 is 0.929 bits per heavy atom. The summed E-state index contributed by atoms with van der Waals surface area (Å²) in [6.07, 6.45) is 0. The summed E-state index contributed by atoms with van der Waals surface area (Å²) in [5, 5.41) is 0. The predicted molar refractivity (Wildman–Crippen MR) is 111 cm³/mol. The van der Waals surface area contributed by atoms with Crippen LogP contribution in [0.25, 0.3) is 0 Å². The number of piperazine rings is 2. The van der Waals surface area contributed by atoms with Crippen LogP contribution in [0.4, 0.5) is 0 Å². The number of hydrogen-bond acceptors (Lipinski definition) is 5. The number of likely N-dealkylation sites (N-methyl/N-ethyl adjacent to an activating group) is 1. The normalized spacial score (nSPS) is 20.4. The Balaban J connectivity index is 1.56. The molecule has 0 bridgehead atoms. The first-order chi connectivity index (χ1) is 13.4. The monoisotopic (exact) mass is 408 g/mol. The molecule has 2 aliphatic rings. The van der Waals surface area contributed by atoms with Gasteiger partial charge in [0.05, 0.1) is 5.75 Å². The Kier molecular flexibility index (Phi) is 7.09. The second kappa shape index (κ2) is 9.35. The van der Waals surface area contributed by atoms with Gasteiger partial charge in [-0.1, -0.05) is 19.1 Å². The van der Waals surface area contributed by atoms with Gasteiger partial charge in [0.2, 0.25) is 10.0 Å². The number of sulfonamides is 1. The van der Waals surface area contributed by atoms with Crippen molar-refractivity contribution in [3.05, 3.63) is 35.4 Å². The van der Waals surface area contributed by atoms with Crippen LogP contribution in [0, 0.1) is 0 Å². The molecule has 0 atom stereocenters. The highest BCUT2D eigenvalue weighted by Gasteiger charge is 2.26. The second-order valence-corrected chi connectivity index (χ2v) is 9.76. The number of carbonyl (C=O) groups excluding carboxylic acids is 1. The Labute approximate surface area is 168 Å². The van der Waals surface area contributed by atoms with E-state index in [9.17, 15) is 13.2 Å². The molecule has 2 aliphatic heterocycles. The fourth-order valence-corrected chi connectivity index (χ4v) is 4.94. The van der Waals surface area contributed by atoms with Gasteiger partial charge in [-0.2, -0.15) is 4.31 Å². The van der Waals surface area contributed by atoms with Crippen molar-refractivity contribution >= 4 is 15.9 Å². The number of rotatable bonds is 6. The zero-order valence-corrected chi connectivity index (χ0v) is 17.8. The molecule has 0 saturated carbocycles. The molecule has 28 heavy (non-hydrogen) atoms. The molecule has 8 heteroatoms. The summed E-state index contributed by atoms with van der Waals surface area (Å²) < 4.78 is 25.6. The first-order valence-corrected chi connectivity index (χ1v) is 11.8. The van der Waals surface area contributed by atoms with Gasteiger partial charge in [0.1, 0.15) is 0 Å². The minimum atomic E-state index is -3.10. The molecule has 0 aliphatic carbocycles. The number of hydrogen-bond donors (Lipinski definition) is 0. The maximum Gasteiger partial charge on any atom is 0.253 e. The lowest BCUT2D eigenvalue weighted by molar-refractivity contribution is 0.0643. The molecule has 156 valence electrons. The Bertz CT molecular complexity index is 767. The third kappa shape index (κ3) is 5.11. The van der Waals surface area contributed by atoms with Gasteiger partial charge in [-0.05, 0) is 31.2 Å².